The summed E-state index contributed by atoms with van der Waals surface area (Å²) < 4.78 is 5.28. The molecule has 3 saturated heterocycles. The van der Waals surface area contributed by atoms with Crippen LogP contribution in [0.15, 0.2) is 0 Å². The van der Waals surface area contributed by atoms with Gasteiger partial charge in [0.25, 0.3) is 0 Å². The fourth-order valence-corrected chi connectivity index (χ4v) is 3.76. The molecular weight excluding hydrogens is 254 g/mol. The zero-order chi connectivity index (χ0) is 13.8. The maximum absolute atomic E-state index is 12.0. The van der Waals surface area contributed by atoms with E-state index in [9.17, 15) is 4.79 Å². The lowest BCUT2D eigenvalue weighted by atomic mass is 9.97. The van der Waals surface area contributed by atoms with Crippen molar-refractivity contribution < 1.29 is 9.53 Å². The van der Waals surface area contributed by atoms with Gasteiger partial charge in [-0.3, -0.25) is 4.79 Å². The van der Waals surface area contributed by atoms with E-state index in [-0.39, 0.29) is 5.91 Å². The molecule has 0 aromatic heterocycles. The zero-order valence-corrected chi connectivity index (χ0v) is 12.4. The van der Waals surface area contributed by atoms with Crippen LogP contribution in [0.25, 0.3) is 0 Å². The molecule has 3 rings (SSSR count). The molecule has 0 aliphatic carbocycles. The summed E-state index contributed by atoms with van der Waals surface area (Å²) in [6.07, 6.45) is 5.87. The van der Waals surface area contributed by atoms with Gasteiger partial charge in [-0.25, -0.2) is 0 Å². The van der Waals surface area contributed by atoms with Crippen molar-refractivity contribution in [2.45, 2.75) is 44.2 Å². The number of piperidine rings is 1. The molecule has 0 spiro atoms. The number of rotatable bonds is 4. The topological polar surface area (TPSA) is 44.8 Å². The number of morpholine rings is 1. The molecule has 1 amide bonds. The number of hydrogen-bond donors (Lipinski definition) is 1. The van der Waals surface area contributed by atoms with Gasteiger partial charge in [-0.1, -0.05) is 0 Å². The van der Waals surface area contributed by atoms with Crippen LogP contribution in [0.1, 0.15) is 32.1 Å². The molecule has 2 atom stereocenters. The molecular formula is C15H27N3O2. The highest BCUT2D eigenvalue weighted by Gasteiger charge is 2.31. The molecule has 3 fully saturated rings. The molecule has 1 N–H and O–H groups in total. The van der Waals surface area contributed by atoms with E-state index in [2.05, 4.69) is 10.2 Å². The Kier molecular flexibility index (Phi) is 4.91. The van der Waals surface area contributed by atoms with Gasteiger partial charge in [-0.2, -0.15) is 0 Å². The molecule has 114 valence electrons. The first kappa shape index (κ1) is 14.3. The Hall–Kier alpha value is -0.650. The Morgan fingerprint density at radius 3 is 2.85 bits per heavy atom. The first-order valence-electron chi connectivity index (χ1n) is 8.16. The van der Waals surface area contributed by atoms with Crippen LogP contribution in [0.3, 0.4) is 0 Å². The number of nitrogens with zero attached hydrogens (tertiary/aromatic N) is 2. The van der Waals surface area contributed by atoms with Crippen molar-refractivity contribution in [3.05, 3.63) is 0 Å². The van der Waals surface area contributed by atoms with Crippen molar-refractivity contribution in [1.82, 2.24) is 15.1 Å². The maximum Gasteiger partial charge on any atom is 0.224 e. The minimum atomic E-state index is 0.277. The van der Waals surface area contributed by atoms with Crippen molar-refractivity contribution in [1.29, 1.82) is 0 Å². The third-order valence-electron chi connectivity index (χ3n) is 4.96. The van der Waals surface area contributed by atoms with Crippen LogP contribution in [0.4, 0.5) is 0 Å². The Morgan fingerprint density at radius 2 is 2.00 bits per heavy atom. The van der Waals surface area contributed by atoms with Gasteiger partial charge in [0, 0.05) is 38.1 Å². The monoisotopic (exact) mass is 281 g/mol. The third kappa shape index (κ3) is 3.51. The van der Waals surface area contributed by atoms with Gasteiger partial charge in [0.2, 0.25) is 5.91 Å². The van der Waals surface area contributed by atoms with Gasteiger partial charge in [0.05, 0.1) is 13.2 Å². The first-order valence-corrected chi connectivity index (χ1v) is 8.16. The minimum absolute atomic E-state index is 0.277. The van der Waals surface area contributed by atoms with Crippen molar-refractivity contribution in [3.8, 4) is 0 Å². The van der Waals surface area contributed by atoms with Crippen LogP contribution in [0, 0.1) is 0 Å². The minimum Gasteiger partial charge on any atom is -0.378 e. The lowest BCUT2D eigenvalue weighted by Crippen LogP contribution is -2.47. The van der Waals surface area contributed by atoms with E-state index in [4.69, 9.17) is 4.74 Å². The number of carbonyl (C=O) groups excluding carboxylic acids is 1. The second-order valence-corrected chi connectivity index (χ2v) is 6.25. The summed E-state index contributed by atoms with van der Waals surface area (Å²) in [5.41, 5.74) is 0. The second-order valence-electron chi connectivity index (χ2n) is 6.25. The molecule has 3 aliphatic heterocycles. The van der Waals surface area contributed by atoms with Crippen molar-refractivity contribution in [2.24, 2.45) is 0 Å². The summed E-state index contributed by atoms with van der Waals surface area (Å²) >= 11 is 0. The molecule has 0 bridgehead atoms. The normalized spacial score (nSPS) is 31.3. The highest BCUT2D eigenvalue weighted by Crippen LogP contribution is 2.26. The number of fused-ring (bicyclic) bond motifs is 1. The summed E-state index contributed by atoms with van der Waals surface area (Å²) in [5, 5.41) is 3.60. The Labute approximate surface area is 121 Å². The van der Waals surface area contributed by atoms with Crippen molar-refractivity contribution >= 4 is 5.91 Å². The highest BCUT2D eigenvalue weighted by molar-refractivity contribution is 5.76. The van der Waals surface area contributed by atoms with Gasteiger partial charge in [0.1, 0.15) is 0 Å². The third-order valence-corrected chi connectivity index (χ3v) is 4.96. The molecule has 0 aromatic rings. The predicted octanol–water partition coefficient (Wildman–Crippen LogP) is 0.452. The predicted molar refractivity (Wildman–Crippen MR) is 77.6 cm³/mol. The second kappa shape index (κ2) is 6.87. The van der Waals surface area contributed by atoms with Crippen LogP contribution in [-0.4, -0.2) is 73.7 Å². The number of ether oxygens (including phenoxy) is 1. The molecule has 5 nitrogen and oxygen atoms in total. The van der Waals surface area contributed by atoms with E-state index in [0.29, 0.717) is 25.7 Å². The summed E-state index contributed by atoms with van der Waals surface area (Å²) in [6.45, 7) is 6.28. The van der Waals surface area contributed by atoms with E-state index in [1.54, 1.807) is 0 Å². The molecule has 20 heavy (non-hydrogen) atoms. The maximum atomic E-state index is 12.0. The Bertz CT molecular complexity index is 331. The average Bonchev–Trinajstić information content (AvgIpc) is 2.95. The lowest BCUT2D eigenvalue weighted by Gasteiger charge is -2.35. The fraction of sp³-hybridized carbons (Fsp3) is 0.933. The van der Waals surface area contributed by atoms with Crippen molar-refractivity contribution in [2.75, 3.05) is 45.9 Å². The number of hydrogen-bond acceptors (Lipinski definition) is 4. The molecule has 0 saturated carbocycles. The summed E-state index contributed by atoms with van der Waals surface area (Å²) in [4.78, 5) is 16.6. The quantitative estimate of drug-likeness (QED) is 0.813. The molecule has 3 aliphatic rings. The lowest BCUT2D eigenvalue weighted by molar-refractivity contribution is -0.135. The Morgan fingerprint density at radius 1 is 1.15 bits per heavy atom. The molecule has 0 aromatic carbocycles. The highest BCUT2D eigenvalue weighted by atomic mass is 16.5. The number of amides is 1. The first-order chi connectivity index (χ1) is 9.83. The standard InChI is InChI=1S/C15H27N3O2/c19-15(18-8-10-20-11-9-18)3-5-16-13-4-7-17-6-1-2-14(17)12-13/h13-14,16H,1-12H2. The van der Waals surface area contributed by atoms with Gasteiger partial charge in [-0.15, -0.1) is 0 Å². The van der Waals surface area contributed by atoms with Gasteiger partial charge >= 0.3 is 0 Å². The van der Waals surface area contributed by atoms with E-state index < -0.39 is 0 Å². The van der Waals surface area contributed by atoms with Crippen molar-refractivity contribution in [3.63, 3.8) is 0 Å². The van der Waals surface area contributed by atoms with Crippen LogP contribution in [0.5, 0.6) is 0 Å². The van der Waals surface area contributed by atoms with Crippen LogP contribution in [0.2, 0.25) is 0 Å². The smallest absolute Gasteiger partial charge is 0.224 e. The fourth-order valence-electron chi connectivity index (χ4n) is 3.76. The largest absolute Gasteiger partial charge is 0.378 e. The zero-order valence-electron chi connectivity index (χ0n) is 12.4. The SMILES string of the molecule is O=C(CCNC1CCN2CCCC2C1)N1CCOCC1. The molecule has 3 heterocycles. The molecule has 2 unspecified atom stereocenters. The van der Waals surface area contributed by atoms with E-state index in [1.165, 1.54) is 38.8 Å². The average molecular weight is 281 g/mol. The Balaban J connectivity index is 1.34. The van der Waals surface area contributed by atoms with E-state index >= 15 is 0 Å². The molecule has 5 heteroatoms. The van der Waals surface area contributed by atoms with Crippen LogP contribution >= 0.6 is 0 Å². The van der Waals surface area contributed by atoms with Crippen LogP contribution in [-0.2, 0) is 9.53 Å². The summed E-state index contributed by atoms with van der Waals surface area (Å²) in [7, 11) is 0. The van der Waals surface area contributed by atoms with Gasteiger partial charge < -0.3 is 19.9 Å². The summed E-state index contributed by atoms with van der Waals surface area (Å²) in [6, 6.07) is 1.42. The molecule has 0 radical (unpaired) electrons. The number of nitrogens with one attached hydrogen (secondary N) is 1. The summed E-state index contributed by atoms with van der Waals surface area (Å²) in [5.74, 6) is 0.277. The van der Waals surface area contributed by atoms with E-state index in [0.717, 1.165) is 25.7 Å². The number of carbonyl (C=O) groups is 1. The van der Waals surface area contributed by atoms with Gasteiger partial charge in [0.15, 0.2) is 0 Å². The van der Waals surface area contributed by atoms with E-state index in [1.807, 2.05) is 4.90 Å². The van der Waals surface area contributed by atoms with Gasteiger partial charge in [-0.05, 0) is 38.8 Å². The van der Waals surface area contributed by atoms with Crippen LogP contribution < -0.4 is 5.32 Å².